The van der Waals surface area contributed by atoms with E-state index < -0.39 is 0 Å². The Labute approximate surface area is 113 Å². The largest absolute Gasteiger partial charge is 0.492 e. The van der Waals surface area contributed by atoms with Gasteiger partial charge in [-0.2, -0.15) is 0 Å². The molecule has 2 aromatic rings. The monoisotopic (exact) mass is 259 g/mol. The summed E-state index contributed by atoms with van der Waals surface area (Å²) in [7, 11) is 0. The first-order valence-electron chi connectivity index (χ1n) is 6.41. The van der Waals surface area contributed by atoms with Crippen molar-refractivity contribution in [2.45, 2.75) is 20.4 Å². The third-order valence-electron chi connectivity index (χ3n) is 2.85. The van der Waals surface area contributed by atoms with Crippen molar-refractivity contribution in [2.24, 2.45) is 0 Å². The lowest BCUT2D eigenvalue weighted by molar-refractivity contribution is 0.340. The maximum absolute atomic E-state index is 13.2. The molecule has 2 rings (SSSR count). The minimum Gasteiger partial charge on any atom is -0.492 e. The summed E-state index contributed by atoms with van der Waals surface area (Å²) in [5, 5.41) is 3.27. The van der Waals surface area contributed by atoms with Crippen LogP contribution < -0.4 is 10.1 Å². The minimum atomic E-state index is -0.288. The Morgan fingerprint density at radius 3 is 2.53 bits per heavy atom. The summed E-state index contributed by atoms with van der Waals surface area (Å²) < 4.78 is 18.6. The van der Waals surface area contributed by atoms with Gasteiger partial charge in [0.05, 0.1) is 12.3 Å². The molecular weight excluding hydrogens is 241 g/mol. The van der Waals surface area contributed by atoms with Crippen molar-refractivity contribution >= 4 is 5.69 Å². The molecule has 1 N–H and O–H groups in total. The van der Waals surface area contributed by atoms with Crippen molar-refractivity contribution in [2.75, 3.05) is 11.9 Å². The van der Waals surface area contributed by atoms with Gasteiger partial charge < -0.3 is 10.1 Å². The summed E-state index contributed by atoms with van der Waals surface area (Å²) in [5.41, 5.74) is 3.22. The van der Waals surface area contributed by atoms with Gasteiger partial charge in [0.15, 0.2) is 0 Å². The van der Waals surface area contributed by atoms with Crippen LogP contribution in [-0.4, -0.2) is 6.61 Å². The van der Waals surface area contributed by atoms with E-state index in [1.165, 1.54) is 23.3 Å². The molecule has 0 unspecified atom stereocenters. The normalized spacial score (nSPS) is 10.3. The molecule has 0 amide bonds. The summed E-state index contributed by atoms with van der Waals surface area (Å²) in [5.74, 6) is 0.263. The van der Waals surface area contributed by atoms with Crippen LogP contribution in [0.15, 0.2) is 42.5 Å². The molecule has 0 aromatic heterocycles. The number of hydrogen-bond donors (Lipinski definition) is 1. The van der Waals surface area contributed by atoms with Gasteiger partial charge in [-0.3, -0.25) is 0 Å². The van der Waals surface area contributed by atoms with Gasteiger partial charge in [-0.1, -0.05) is 29.8 Å². The first kappa shape index (κ1) is 13.4. The highest BCUT2D eigenvalue weighted by molar-refractivity contribution is 5.56. The third-order valence-corrected chi connectivity index (χ3v) is 2.85. The molecule has 0 spiro atoms. The average molecular weight is 259 g/mol. The molecular formula is C16H18FNO. The van der Waals surface area contributed by atoms with E-state index in [-0.39, 0.29) is 5.82 Å². The standard InChI is InChI=1S/C16H18FNO/c1-3-19-16-10-14(17)8-9-15(16)18-11-13-6-4-12(2)5-7-13/h4-10,18H,3,11H2,1-2H3. The molecule has 0 atom stereocenters. The van der Waals surface area contributed by atoms with Gasteiger partial charge in [-0.05, 0) is 31.5 Å². The molecule has 0 saturated carbocycles. The Morgan fingerprint density at radius 1 is 1.11 bits per heavy atom. The highest BCUT2D eigenvalue weighted by atomic mass is 19.1. The lowest BCUT2D eigenvalue weighted by atomic mass is 10.1. The summed E-state index contributed by atoms with van der Waals surface area (Å²) in [6.07, 6.45) is 0. The van der Waals surface area contributed by atoms with Crippen LogP contribution in [0.5, 0.6) is 5.75 Å². The topological polar surface area (TPSA) is 21.3 Å². The number of hydrogen-bond acceptors (Lipinski definition) is 2. The maximum atomic E-state index is 13.2. The quantitative estimate of drug-likeness (QED) is 0.871. The Morgan fingerprint density at radius 2 is 1.84 bits per heavy atom. The molecule has 0 bridgehead atoms. The summed E-state index contributed by atoms with van der Waals surface area (Å²) >= 11 is 0. The van der Waals surface area contributed by atoms with Crippen LogP contribution in [-0.2, 0) is 6.54 Å². The molecule has 0 aliphatic heterocycles. The van der Waals surface area contributed by atoms with Gasteiger partial charge in [0.1, 0.15) is 11.6 Å². The molecule has 19 heavy (non-hydrogen) atoms. The fourth-order valence-corrected chi connectivity index (χ4v) is 1.82. The van der Waals surface area contributed by atoms with Crippen LogP contribution in [0.25, 0.3) is 0 Å². The van der Waals surface area contributed by atoms with Crippen LogP contribution in [0.2, 0.25) is 0 Å². The number of halogens is 1. The first-order chi connectivity index (χ1) is 9.19. The summed E-state index contributed by atoms with van der Waals surface area (Å²) in [4.78, 5) is 0. The van der Waals surface area contributed by atoms with E-state index in [0.29, 0.717) is 18.9 Å². The molecule has 100 valence electrons. The zero-order valence-electron chi connectivity index (χ0n) is 11.2. The summed E-state index contributed by atoms with van der Waals surface area (Å²) in [6.45, 7) is 5.15. The maximum Gasteiger partial charge on any atom is 0.145 e. The van der Waals surface area contributed by atoms with E-state index in [9.17, 15) is 4.39 Å². The van der Waals surface area contributed by atoms with Crippen LogP contribution in [0, 0.1) is 12.7 Å². The van der Waals surface area contributed by atoms with E-state index in [4.69, 9.17) is 4.74 Å². The van der Waals surface area contributed by atoms with Gasteiger partial charge in [0.25, 0.3) is 0 Å². The van der Waals surface area contributed by atoms with Crippen molar-refractivity contribution in [3.63, 3.8) is 0 Å². The Hall–Kier alpha value is -2.03. The number of rotatable bonds is 5. The lowest BCUT2D eigenvalue weighted by Gasteiger charge is -2.12. The highest BCUT2D eigenvalue weighted by Crippen LogP contribution is 2.26. The second-order valence-electron chi connectivity index (χ2n) is 4.41. The molecule has 0 radical (unpaired) electrons. The van der Waals surface area contributed by atoms with Crippen molar-refractivity contribution < 1.29 is 9.13 Å². The van der Waals surface area contributed by atoms with Gasteiger partial charge in [0, 0.05) is 12.6 Å². The van der Waals surface area contributed by atoms with Gasteiger partial charge in [-0.15, -0.1) is 0 Å². The Bertz CT molecular complexity index is 537. The Kier molecular flexibility index (Phi) is 4.39. The second kappa shape index (κ2) is 6.23. The van der Waals surface area contributed by atoms with Gasteiger partial charge in [-0.25, -0.2) is 4.39 Å². The molecule has 2 nitrogen and oxygen atoms in total. The smallest absolute Gasteiger partial charge is 0.145 e. The van der Waals surface area contributed by atoms with Crippen LogP contribution >= 0.6 is 0 Å². The average Bonchev–Trinajstić information content (AvgIpc) is 2.40. The number of ether oxygens (including phenoxy) is 1. The van der Waals surface area contributed by atoms with Crippen LogP contribution in [0.3, 0.4) is 0 Å². The van der Waals surface area contributed by atoms with Gasteiger partial charge in [0.2, 0.25) is 0 Å². The molecule has 0 saturated heterocycles. The van der Waals surface area contributed by atoms with Crippen molar-refractivity contribution in [3.8, 4) is 5.75 Å². The van der Waals surface area contributed by atoms with Crippen molar-refractivity contribution in [3.05, 3.63) is 59.4 Å². The second-order valence-corrected chi connectivity index (χ2v) is 4.41. The van der Waals surface area contributed by atoms with E-state index in [0.717, 1.165) is 5.69 Å². The fraction of sp³-hybridized carbons (Fsp3) is 0.250. The molecule has 3 heteroatoms. The molecule has 0 aliphatic rings. The van der Waals surface area contributed by atoms with E-state index in [1.54, 1.807) is 6.07 Å². The zero-order chi connectivity index (χ0) is 13.7. The lowest BCUT2D eigenvalue weighted by Crippen LogP contribution is -2.03. The van der Waals surface area contributed by atoms with E-state index in [2.05, 4.69) is 36.5 Å². The minimum absolute atomic E-state index is 0.288. The zero-order valence-corrected chi connectivity index (χ0v) is 11.2. The number of aryl methyl sites for hydroxylation is 1. The highest BCUT2D eigenvalue weighted by Gasteiger charge is 2.04. The molecule has 0 heterocycles. The summed E-state index contributed by atoms with van der Waals surface area (Å²) in [6, 6.07) is 12.8. The van der Waals surface area contributed by atoms with E-state index >= 15 is 0 Å². The van der Waals surface area contributed by atoms with Crippen molar-refractivity contribution in [1.82, 2.24) is 0 Å². The third kappa shape index (κ3) is 3.71. The predicted octanol–water partition coefficient (Wildman–Crippen LogP) is 4.14. The van der Waals surface area contributed by atoms with Gasteiger partial charge >= 0.3 is 0 Å². The van der Waals surface area contributed by atoms with Crippen LogP contribution in [0.4, 0.5) is 10.1 Å². The Balaban J connectivity index is 2.08. The predicted molar refractivity (Wildman–Crippen MR) is 76.1 cm³/mol. The first-order valence-corrected chi connectivity index (χ1v) is 6.41. The molecule has 2 aromatic carbocycles. The van der Waals surface area contributed by atoms with E-state index in [1.807, 2.05) is 6.92 Å². The number of benzene rings is 2. The van der Waals surface area contributed by atoms with Crippen molar-refractivity contribution in [1.29, 1.82) is 0 Å². The van der Waals surface area contributed by atoms with Crippen LogP contribution in [0.1, 0.15) is 18.1 Å². The molecule has 0 fully saturated rings. The fourth-order valence-electron chi connectivity index (χ4n) is 1.82. The number of nitrogens with one attached hydrogen (secondary N) is 1. The molecule has 0 aliphatic carbocycles. The SMILES string of the molecule is CCOc1cc(F)ccc1NCc1ccc(C)cc1. The number of anilines is 1.